The standard InChI is InChI=1S/C12H23F2N3O2/c1-16(7-8-17-5-3-15-4-6-17)12(18)2-9-19-10-11(13)14/h11,15H,2-10H2,1H3. The summed E-state index contributed by atoms with van der Waals surface area (Å²) >= 11 is 0. The van der Waals surface area contributed by atoms with Gasteiger partial charge < -0.3 is 15.0 Å². The van der Waals surface area contributed by atoms with Crippen molar-refractivity contribution >= 4 is 5.91 Å². The number of piperazine rings is 1. The van der Waals surface area contributed by atoms with E-state index in [9.17, 15) is 13.6 Å². The molecule has 0 aromatic heterocycles. The first-order valence-electron chi connectivity index (χ1n) is 6.62. The van der Waals surface area contributed by atoms with Gasteiger partial charge in [0, 0.05) is 46.3 Å². The summed E-state index contributed by atoms with van der Waals surface area (Å²) in [5.41, 5.74) is 0. The number of amides is 1. The lowest BCUT2D eigenvalue weighted by molar-refractivity contribution is -0.131. The van der Waals surface area contributed by atoms with Crippen molar-refractivity contribution in [2.45, 2.75) is 12.8 Å². The fourth-order valence-corrected chi connectivity index (χ4v) is 1.87. The number of likely N-dealkylation sites (N-methyl/N-ethyl adjacent to an activating group) is 1. The molecule has 1 aliphatic heterocycles. The van der Waals surface area contributed by atoms with Crippen LogP contribution in [0, 0.1) is 0 Å². The van der Waals surface area contributed by atoms with E-state index in [0.29, 0.717) is 6.54 Å². The third-order valence-corrected chi connectivity index (χ3v) is 3.09. The topological polar surface area (TPSA) is 44.8 Å². The monoisotopic (exact) mass is 279 g/mol. The van der Waals surface area contributed by atoms with E-state index < -0.39 is 13.0 Å². The van der Waals surface area contributed by atoms with E-state index in [1.807, 2.05) is 0 Å². The molecule has 19 heavy (non-hydrogen) atoms. The van der Waals surface area contributed by atoms with Gasteiger partial charge in [0.2, 0.25) is 5.91 Å². The first-order chi connectivity index (χ1) is 9.09. The van der Waals surface area contributed by atoms with Crippen molar-refractivity contribution in [3.8, 4) is 0 Å². The van der Waals surface area contributed by atoms with Crippen molar-refractivity contribution in [1.29, 1.82) is 0 Å². The summed E-state index contributed by atoms with van der Waals surface area (Å²) in [5, 5.41) is 3.27. The molecule has 0 aromatic rings. The average molecular weight is 279 g/mol. The third-order valence-electron chi connectivity index (χ3n) is 3.09. The number of carbonyl (C=O) groups excluding carboxylic acids is 1. The van der Waals surface area contributed by atoms with Crippen LogP contribution in [0.1, 0.15) is 6.42 Å². The minimum atomic E-state index is -2.47. The molecule has 0 aliphatic carbocycles. The van der Waals surface area contributed by atoms with Gasteiger partial charge in [-0.15, -0.1) is 0 Å². The lowest BCUT2D eigenvalue weighted by Gasteiger charge is -2.29. The summed E-state index contributed by atoms with van der Waals surface area (Å²) in [7, 11) is 1.73. The first-order valence-corrected chi connectivity index (χ1v) is 6.62. The number of nitrogens with one attached hydrogen (secondary N) is 1. The summed E-state index contributed by atoms with van der Waals surface area (Å²) in [6.45, 7) is 4.94. The predicted octanol–water partition coefficient (Wildman–Crippen LogP) is 0.0218. The lowest BCUT2D eigenvalue weighted by atomic mass is 10.3. The fourth-order valence-electron chi connectivity index (χ4n) is 1.87. The molecule has 0 saturated carbocycles. The Morgan fingerprint density at radius 3 is 2.74 bits per heavy atom. The molecular formula is C12H23F2N3O2. The zero-order valence-electron chi connectivity index (χ0n) is 11.4. The molecule has 1 saturated heterocycles. The molecule has 0 spiro atoms. The van der Waals surface area contributed by atoms with Gasteiger partial charge in [0.25, 0.3) is 6.43 Å². The Balaban J connectivity index is 2.07. The maximum absolute atomic E-state index is 11.8. The SMILES string of the molecule is CN(CCN1CCNCC1)C(=O)CCOCC(F)F. The van der Waals surface area contributed by atoms with Crippen LogP contribution >= 0.6 is 0 Å². The third kappa shape index (κ3) is 7.39. The normalized spacial score (nSPS) is 16.8. The smallest absolute Gasteiger partial charge is 0.261 e. The minimum absolute atomic E-state index is 0.0567. The Labute approximate surface area is 112 Å². The van der Waals surface area contributed by atoms with Gasteiger partial charge in [-0.2, -0.15) is 0 Å². The molecule has 1 fully saturated rings. The van der Waals surface area contributed by atoms with E-state index in [-0.39, 0.29) is 18.9 Å². The summed E-state index contributed by atoms with van der Waals surface area (Å²) < 4.78 is 28.3. The van der Waals surface area contributed by atoms with E-state index in [1.54, 1.807) is 11.9 Å². The summed E-state index contributed by atoms with van der Waals surface area (Å²) in [6, 6.07) is 0. The zero-order valence-corrected chi connectivity index (χ0v) is 11.4. The summed E-state index contributed by atoms with van der Waals surface area (Å²) in [4.78, 5) is 15.6. The molecule has 5 nitrogen and oxygen atoms in total. The van der Waals surface area contributed by atoms with Crippen molar-refractivity contribution in [2.24, 2.45) is 0 Å². The van der Waals surface area contributed by atoms with Crippen LogP contribution in [0.4, 0.5) is 8.78 Å². The van der Waals surface area contributed by atoms with Gasteiger partial charge in [-0.05, 0) is 0 Å². The Bertz CT molecular complexity index is 261. The Hall–Kier alpha value is -0.790. The maximum Gasteiger partial charge on any atom is 0.261 e. The van der Waals surface area contributed by atoms with Crippen molar-refractivity contribution in [2.75, 3.05) is 59.5 Å². The molecule has 1 amide bonds. The summed E-state index contributed by atoms with van der Waals surface area (Å²) in [6.07, 6.45) is -2.31. The number of hydrogen-bond acceptors (Lipinski definition) is 4. The second-order valence-corrected chi connectivity index (χ2v) is 4.62. The van der Waals surface area contributed by atoms with Gasteiger partial charge in [-0.1, -0.05) is 0 Å². The summed E-state index contributed by atoms with van der Waals surface area (Å²) in [5.74, 6) is -0.0654. The number of nitrogens with zero attached hydrogens (tertiary/aromatic N) is 2. The molecule has 1 rings (SSSR count). The number of halogens is 2. The molecular weight excluding hydrogens is 256 g/mol. The molecule has 7 heteroatoms. The molecule has 1 N–H and O–H groups in total. The highest BCUT2D eigenvalue weighted by Crippen LogP contribution is 1.98. The van der Waals surface area contributed by atoms with Crippen molar-refractivity contribution in [3.63, 3.8) is 0 Å². The average Bonchev–Trinajstić information content (AvgIpc) is 2.41. The number of hydrogen-bond donors (Lipinski definition) is 1. The number of alkyl halides is 2. The molecule has 0 radical (unpaired) electrons. The molecule has 112 valence electrons. The molecule has 0 atom stereocenters. The Kier molecular flexibility index (Phi) is 7.85. The number of ether oxygens (including phenoxy) is 1. The van der Waals surface area contributed by atoms with Crippen LogP contribution in [-0.2, 0) is 9.53 Å². The first kappa shape index (κ1) is 16.3. The Morgan fingerprint density at radius 2 is 2.11 bits per heavy atom. The van der Waals surface area contributed by atoms with Gasteiger partial charge in [-0.25, -0.2) is 8.78 Å². The predicted molar refractivity (Wildman–Crippen MR) is 68.4 cm³/mol. The van der Waals surface area contributed by atoms with E-state index in [4.69, 9.17) is 4.74 Å². The molecule has 0 unspecified atom stereocenters. The lowest BCUT2D eigenvalue weighted by Crippen LogP contribution is -2.46. The van der Waals surface area contributed by atoms with Crippen LogP contribution in [0.25, 0.3) is 0 Å². The van der Waals surface area contributed by atoms with Crippen molar-refractivity contribution < 1.29 is 18.3 Å². The quantitative estimate of drug-likeness (QED) is 0.636. The molecule has 0 bridgehead atoms. The van der Waals surface area contributed by atoms with Gasteiger partial charge >= 0.3 is 0 Å². The van der Waals surface area contributed by atoms with Crippen LogP contribution in [-0.4, -0.2) is 81.7 Å². The van der Waals surface area contributed by atoms with Gasteiger partial charge in [0.15, 0.2) is 0 Å². The van der Waals surface area contributed by atoms with Crippen LogP contribution in [0.2, 0.25) is 0 Å². The van der Waals surface area contributed by atoms with Crippen molar-refractivity contribution in [3.05, 3.63) is 0 Å². The molecule has 0 aromatic carbocycles. The highest BCUT2D eigenvalue weighted by atomic mass is 19.3. The van der Waals surface area contributed by atoms with Crippen molar-refractivity contribution in [1.82, 2.24) is 15.1 Å². The molecule has 1 aliphatic rings. The van der Waals surface area contributed by atoms with Gasteiger partial charge in [0.05, 0.1) is 13.0 Å². The fraction of sp³-hybridized carbons (Fsp3) is 0.917. The van der Waals surface area contributed by atoms with Gasteiger partial charge in [-0.3, -0.25) is 9.69 Å². The highest BCUT2D eigenvalue weighted by molar-refractivity contribution is 5.75. The Morgan fingerprint density at radius 1 is 1.42 bits per heavy atom. The second-order valence-electron chi connectivity index (χ2n) is 4.62. The van der Waals surface area contributed by atoms with Gasteiger partial charge in [0.1, 0.15) is 6.61 Å². The van der Waals surface area contributed by atoms with E-state index in [1.165, 1.54) is 0 Å². The van der Waals surface area contributed by atoms with E-state index >= 15 is 0 Å². The highest BCUT2D eigenvalue weighted by Gasteiger charge is 2.13. The van der Waals surface area contributed by atoms with Crippen LogP contribution in [0.3, 0.4) is 0 Å². The maximum atomic E-state index is 11.8. The van der Waals surface area contributed by atoms with E-state index in [0.717, 1.165) is 32.7 Å². The molecule has 1 heterocycles. The van der Waals surface area contributed by atoms with E-state index in [2.05, 4.69) is 10.2 Å². The van der Waals surface area contributed by atoms with Crippen LogP contribution in [0.5, 0.6) is 0 Å². The second kappa shape index (κ2) is 9.17. The largest absolute Gasteiger partial charge is 0.375 e. The number of rotatable bonds is 8. The van der Waals surface area contributed by atoms with Crippen LogP contribution < -0.4 is 5.32 Å². The number of carbonyl (C=O) groups is 1. The van der Waals surface area contributed by atoms with Crippen LogP contribution in [0.15, 0.2) is 0 Å². The minimum Gasteiger partial charge on any atom is -0.375 e. The zero-order chi connectivity index (χ0) is 14.1.